The minimum atomic E-state index is 0.365. The standard InChI is InChI=1S/C11H21N5O/c1-4-10-8(5-6-17-10)9(12-2)7-11-13-15-16(3)14-11/h8-10,12H,4-7H2,1-3H3. The van der Waals surface area contributed by atoms with E-state index in [1.54, 1.807) is 7.05 Å². The first kappa shape index (κ1) is 12.4. The molecule has 6 nitrogen and oxygen atoms in total. The van der Waals surface area contributed by atoms with E-state index in [0.29, 0.717) is 18.1 Å². The zero-order valence-electron chi connectivity index (χ0n) is 10.8. The molecule has 0 spiro atoms. The van der Waals surface area contributed by atoms with Crippen molar-refractivity contribution in [2.24, 2.45) is 13.0 Å². The van der Waals surface area contributed by atoms with Crippen molar-refractivity contribution in [3.63, 3.8) is 0 Å². The summed E-state index contributed by atoms with van der Waals surface area (Å²) in [6.07, 6.45) is 3.36. The summed E-state index contributed by atoms with van der Waals surface area (Å²) in [6.45, 7) is 3.05. The van der Waals surface area contributed by atoms with Gasteiger partial charge in [-0.2, -0.15) is 4.80 Å². The summed E-state index contributed by atoms with van der Waals surface area (Å²) >= 11 is 0. The van der Waals surface area contributed by atoms with E-state index in [1.165, 1.54) is 4.80 Å². The Morgan fingerprint density at radius 1 is 1.59 bits per heavy atom. The predicted octanol–water partition coefficient (Wildman–Crippen LogP) is 0.156. The number of aromatic nitrogens is 4. The summed E-state index contributed by atoms with van der Waals surface area (Å²) < 4.78 is 5.74. The molecule has 0 amide bonds. The van der Waals surface area contributed by atoms with Gasteiger partial charge in [-0.1, -0.05) is 6.92 Å². The third kappa shape index (κ3) is 2.81. The van der Waals surface area contributed by atoms with Crippen molar-refractivity contribution in [1.82, 2.24) is 25.5 Å². The van der Waals surface area contributed by atoms with Crippen LogP contribution in [0, 0.1) is 5.92 Å². The van der Waals surface area contributed by atoms with Crippen molar-refractivity contribution in [3.05, 3.63) is 5.82 Å². The van der Waals surface area contributed by atoms with Gasteiger partial charge in [-0.3, -0.25) is 0 Å². The molecule has 3 unspecified atom stereocenters. The molecular formula is C11H21N5O. The van der Waals surface area contributed by atoms with Crippen LogP contribution in [0.4, 0.5) is 0 Å². The maximum absolute atomic E-state index is 5.74. The van der Waals surface area contributed by atoms with Crippen LogP contribution in [0.15, 0.2) is 0 Å². The second-order valence-electron chi connectivity index (χ2n) is 4.56. The quantitative estimate of drug-likeness (QED) is 0.792. The summed E-state index contributed by atoms with van der Waals surface area (Å²) in [5.74, 6) is 1.35. The van der Waals surface area contributed by atoms with Crippen LogP contribution in [0.1, 0.15) is 25.6 Å². The van der Waals surface area contributed by atoms with Crippen molar-refractivity contribution >= 4 is 0 Å². The lowest BCUT2D eigenvalue weighted by atomic mass is 9.89. The van der Waals surface area contributed by atoms with Crippen LogP contribution in [-0.2, 0) is 18.2 Å². The molecule has 2 rings (SSSR count). The van der Waals surface area contributed by atoms with E-state index in [0.717, 1.165) is 31.7 Å². The molecule has 17 heavy (non-hydrogen) atoms. The van der Waals surface area contributed by atoms with E-state index >= 15 is 0 Å². The van der Waals surface area contributed by atoms with Crippen LogP contribution >= 0.6 is 0 Å². The topological polar surface area (TPSA) is 64.9 Å². The SMILES string of the molecule is CCC1OCCC1C(Cc1nnn(C)n1)NC. The molecule has 1 aromatic heterocycles. The van der Waals surface area contributed by atoms with Crippen LogP contribution in [0.3, 0.4) is 0 Å². The van der Waals surface area contributed by atoms with Gasteiger partial charge in [-0.25, -0.2) is 0 Å². The highest BCUT2D eigenvalue weighted by atomic mass is 16.5. The van der Waals surface area contributed by atoms with Crippen molar-refractivity contribution in [2.45, 2.75) is 38.3 Å². The average Bonchev–Trinajstić information content (AvgIpc) is 2.94. The first-order valence-electron chi connectivity index (χ1n) is 6.26. The van der Waals surface area contributed by atoms with Gasteiger partial charge in [0, 0.05) is 25.0 Å². The Kier molecular flexibility index (Phi) is 4.06. The molecule has 1 aromatic rings. The van der Waals surface area contributed by atoms with Gasteiger partial charge in [0.05, 0.1) is 13.2 Å². The van der Waals surface area contributed by atoms with Crippen molar-refractivity contribution < 1.29 is 4.74 Å². The molecule has 0 saturated carbocycles. The number of rotatable bonds is 5. The Bertz CT molecular complexity index is 353. The zero-order valence-corrected chi connectivity index (χ0v) is 10.8. The van der Waals surface area contributed by atoms with Crippen LogP contribution < -0.4 is 5.32 Å². The molecule has 1 aliphatic heterocycles. The first-order chi connectivity index (χ1) is 8.24. The molecule has 1 N–H and O–H groups in total. The highest BCUT2D eigenvalue weighted by molar-refractivity contribution is 4.92. The fourth-order valence-corrected chi connectivity index (χ4v) is 2.62. The number of tetrazole rings is 1. The van der Waals surface area contributed by atoms with Gasteiger partial charge >= 0.3 is 0 Å². The lowest BCUT2D eigenvalue weighted by molar-refractivity contribution is 0.0781. The van der Waals surface area contributed by atoms with Crippen molar-refractivity contribution in [2.75, 3.05) is 13.7 Å². The Labute approximate surface area is 102 Å². The van der Waals surface area contributed by atoms with Gasteiger partial charge in [0.2, 0.25) is 0 Å². The Hall–Kier alpha value is -1.01. The highest BCUT2D eigenvalue weighted by Gasteiger charge is 2.33. The number of hydrogen-bond acceptors (Lipinski definition) is 5. The van der Waals surface area contributed by atoms with E-state index in [1.807, 2.05) is 7.05 Å². The number of nitrogens with zero attached hydrogens (tertiary/aromatic N) is 4. The van der Waals surface area contributed by atoms with E-state index in [-0.39, 0.29) is 0 Å². The maximum atomic E-state index is 5.74. The van der Waals surface area contributed by atoms with Gasteiger partial charge in [-0.15, -0.1) is 10.2 Å². The largest absolute Gasteiger partial charge is 0.378 e. The van der Waals surface area contributed by atoms with E-state index in [2.05, 4.69) is 27.7 Å². The maximum Gasteiger partial charge on any atom is 0.176 e. The normalized spacial score (nSPS) is 26.3. The smallest absolute Gasteiger partial charge is 0.176 e. The minimum Gasteiger partial charge on any atom is -0.378 e. The van der Waals surface area contributed by atoms with E-state index in [9.17, 15) is 0 Å². The number of ether oxygens (including phenoxy) is 1. The van der Waals surface area contributed by atoms with Gasteiger partial charge in [0.15, 0.2) is 5.82 Å². The molecular weight excluding hydrogens is 218 g/mol. The molecule has 96 valence electrons. The molecule has 3 atom stereocenters. The fourth-order valence-electron chi connectivity index (χ4n) is 2.62. The Balaban J connectivity index is 2.00. The summed E-state index contributed by atoms with van der Waals surface area (Å²) in [7, 11) is 3.78. The van der Waals surface area contributed by atoms with Gasteiger partial charge in [0.1, 0.15) is 0 Å². The molecule has 2 heterocycles. The van der Waals surface area contributed by atoms with Crippen LogP contribution in [-0.4, -0.2) is 46.0 Å². The fraction of sp³-hybridized carbons (Fsp3) is 0.909. The molecule has 0 aliphatic carbocycles. The second kappa shape index (κ2) is 5.55. The number of hydrogen-bond donors (Lipinski definition) is 1. The molecule has 6 heteroatoms. The van der Waals surface area contributed by atoms with Gasteiger partial charge in [0.25, 0.3) is 0 Å². The molecule has 1 fully saturated rings. The lowest BCUT2D eigenvalue weighted by Gasteiger charge is -2.25. The third-order valence-corrected chi connectivity index (χ3v) is 3.50. The summed E-state index contributed by atoms with van der Waals surface area (Å²) in [5, 5.41) is 15.5. The monoisotopic (exact) mass is 239 g/mol. The third-order valence-electron chi connectivity index (χ3n) is 3.50. The lowest BCUT2D eigenvalue weighted by Crippen LogP contribution is -2.39. The van der Waals surface area contributed by atoms with Crippen LogP contribution in [0.5, 0.6) is 0 Å². The van der Waals surface area contributed by atoms with Crippen molar-refractivity contribution in [3.8, 4) is 0 Å². The summed E-state index contributed by atoms with van der Waals surface area (Å²) in [5.41, 5.74) is 0. The Morgan fingerprint density at radius 2 is 2.41 bits per heavy atom. The molecule has 0 aromatic carbocycles. The number of nitrogens with one attached hydrogen (secondary N) is 1. The molecule has 1 aliphatic rings. The van der Waals surface area contributed by atoms with E-state index < -0.39 is 0 Å². The zero-order chi connectivity index (χ0) is 12.3. The van der Waals surface area contributed by atoms with Crippen LogP contribution in [0.2, 0.25) is 0 Å². The van der Waals surface area contributed by atoms with Crippen LogP contribution in [0.25, 0.3) is 0 Å². The number of likely N-dealkylation sites (N-methyl/N-ethyl adjacent to an activating group) is 1. The molecule has 1 saturated heterocycles. The molecule has 0 bridgehead atoms. The van der Waals surface area contributed by atoms with Gasteiger partial charge < -0.3 is 10.1 Å². The predicted molar refractivity (Wildman–Crippen MR) is 63.5 cm³/mol. The summed E-state index contributed by atoms with van der Waals surface area (Å²) in [6, 6.07) is 0.367. The highest BCUT2D eigenvalue weighted by Crippen LogP contribution is 2.27. The first-order valence-corrected chi connectivity index (χ1v) is 6.26. The average molecular weight is 239 g/mol. The second-order valence-corrected chi connectivity index (χ2v) is 4.56. The van der Waals surface area contributed by atoms with E-state index in [4.69, 9.17) is 4.74 Å². The minimum absolute atomic E-state index is 0.365. The summed E-state index contributed by atoms with van der Waals surface area (Å²) in [4.78, 5) is 1.50. The van der Waals surface area contributed by atoms with Gasteiger partial charge in [-0.05, 0) is 25.1 Å². The Morgan fingerprint density at radius 3 is 3.00 bits per heavy atom. The number of aryl methyl sites for hydroxylation is 1. The van der Waals surface area contributed by atoms with Crippen molar-refractivity contribution in [1.29, 1.82) is 0 Å². The molecule has 0 radical (unpaired) electrons.